The molecule has 244 valence electrons. The van der Waals surface area contributed by atoms with Crippen LogP contribution in [-0.4, -0.2) is 8.80 Å². The normalized spacial score (nSPS) is 12.7. The Bertz CT molecular complexity index is 3070. The van der Waals surface area contributed by atoms with Gasteiger partial charge in [-0.3, -0.25) is 9.59 Å². The Morgan fingerprint density at radius 2 is 1.06 bits per heavy atom. The maximum Gasteiger partial charge on any atom is 0.198 e. The summed E-state index contributed by atoms with van der Waals surface area (Å²) in [6.07, 6.45) is 12.1. The predicted molar refractivity (Wildman–Crippen MR) is 215 cm³/mol. The monoisotopic (exact) mass is 666 g/mol. The number of pyridine rings is 2. The average molecular weight is 667 g/mol. The summed E-state index contributed by atoms with van der Waals surface area (Å²) in [5.41, 5.74) is 10.7. The lowest BCUT2D eigenvalue weighted by Crippen LogP contribution is -2.20. The summed E-state index contributed by atoms with van der Waals surface area (Å²) in [6.45, 7) is 0. The molecule has 0 radical (unpaired) electrons. The first-order valence-electron chi connectivity index (χ1n) is 17.4. The van der Waals surface area contributed by atoms with Gasteiger partial charge in [0.15, 0.2) is 10.9 Å². The van der Waals surface area contributed by atoms with Gasteiger partial charge in [0.2, 0.25) is 0 Å². The van der Waals surface area contributed by atoms with Crippen molar-refractivity contribution >= 4 is 40.0 Å². The molecule has 52 heavy (non-hydrogen) atoms. The van der Waals surface area contributed by atoms with E-state index in [2.05, 4.69) is 75.7 Å². The van der Waals surface area contributed by atoms with E-state index in [1.807, 2.05) is 115 Å². The molecular formula is C48H30N2O2. The third kappa shape index (κ3) is 4.48. The minimum absolute atomic E-state index is 0.0148. The Morgan fingerprint density at radius 1 is 0.500 bits per heavy atom. The van der Waals surface area contributed by atoms with E-state index in [-0.39, 0.29) is 10.9 Å². The second-order valence-electron chi connectivity index (χ2n) is 13.2. The van der Waals surface area contributed by atoms with Gasteiger partial charge >= 0.3 is 0 Å². The summed E-state index contributed by atoms with van der Waals surface area (Å²) in [7, 11) is 0. The molecule has 0 bridgehead atoms. The largest absolute Gasteiger partial charge is 0.314 e. The van der Waals surface area contributed by atoms with E-state index >= 15 is 4.79 Å². The molecule has 0 amide bonds. The third-order valence-electron chi connectivity index (χ3n) is 10.2. The van der Waals surface area contributed by atoms with E-state index in [4.69, 9.17) is 0 Å². The van der Waals surface area contributed by atoms with Gasteiger partial charge in [0.25, 0.3) is 0 Å². The van der Waals surface area contributed by atoms with Crippen LogP contribution in [0.2, 0.25) is 0 Å². The van der Waals surface area contributed by atoms with E-state index in [0.29, 0.717) is 22.1 Å². The van der Waals surface area contributed by atoms with Crippen LogP contribution in [0.3, 0.4) is 0 Å². The summed E-state index contributed by atoms with van der Waals surface area (Å²) < 4.78 is 4.40. The Hall–Kier alpha value is -7.04. The molecule has 4 heteroatoms. The smallest absolute Gasteiger partial charge is 0.198 e. The zero-order valence-corrected chi connectivity index (χ0v) is 28.0. The lowest BCUT2D eigenvalue weighted by molar-refractivity contribution is 1.14. The molecule has 9 aromatic rings. The van der Waals surface area contributed by atoms with Crippen LogP contribution in [0.1, 0.15) is 16.7 Å². The molecule has 0 saturated heterocycles. The fraction of sp³-hybridized carbons (Fsp3) is 0. The van der Waals surface area contributed by atoms with Gasteiger partial charge in [0.05, 0.1) is 38.9 Å². The highest BCUT2D eigenvalue weighted by Crippen LogP contribution is 2.37. The zero-order chi connectivity index (χ0) is 34.8. The van der Waals surface area contributed by atoms with E-state index < -0.39 is 0 Å². The Morgan fingerprint density at radius 3 is 1.69 bits per heavy atom. The molecule has 5 aromatic carbocycles. The fourth-order valence-corrected chi connectivity index (χ4v) is 8.03. The van der Waals surface area contributed by atoms with Crippen molar-refractivity contribution in [3.8, 4) is 44.8 Å². The molecule has 4 nitrogen and oxygen atoms in total. The first kappa shape index (κ1) is 29.8. The minimum Gasteiger partial charge on any atom is -0.314 e. The van der Waals surface area contributed by atoms with Crippen LogP contribution < -0.4 is 16.2 Å². The molecule has 0 saturated carbocycles. The van der Waals surface area contributed by atoms with Crippen molar-refractivity contribution in [3.05, 3.63) is 206 Å². The van der Waals surface area contributed by atoms with Crippen LogP contribution in [0.15, 0.2) is 174 Å². The number of rotatable bonds is 5. The molecule has 0 atom stereocenters. The number of hydrogen-bond acceptors (Lipinski definition) is 2. The van der Waals surface area contributed by atoms with Crippen LogP contribution in [0, 0.1) is 0 Å². The standard InChI is InChI=1S/C48H30N2O2/c51-47-39-24-14-13-23-37-30-38(50(43(37)39)46(34-21-11-4-12-22-34)41(47)32-17-7-2-8-18-32)29-36-26-25-35-27-28-49-44(33-19-9-3-10-20-33)40(31-15-5-1-6-16-31)48(52)42(36)45(35)49/h1-30H/b38-29+. The molecular weight excluding hydrogens is 637 g/mol. The van der Waals surface area contributed by atoms with E-state index in [9.17, 15) is 4.79 Å². The van der Waals surface area contributed by atoms with Gasteiger partial charge in [-0.25, -0.2) is 0 Å². The molecule has 1 aliphatic rings. The first-order chi connectivity index (χ1) is 25.7. The Labute approximate surface area is 299 Å². The van der Waals surface area contributed by atoms with Crippen molar-refractivity contribution in [1.29, 1.82) is 0 Å². The van der Waals surface area contributed by atoms with E-state index in [1.54, 1.807) is 0 Å². The lowest BCUT2D eigenvalue weighted by Gasteiger charge is -2.17. The lowest BCUT2D eigenvalue weighted by atomic mass is 9.94. The van der Waals surface area contributed by atoms with Crippen LogP contribution >= 0.6 is 0 Å². The zero-order valence-electron chi connectivity index (χ0n) is 28.0. The molecule has 0 spiro atoms. The number of allylic oxidation sites excluding steroid dienone is 2. The van der Waals surface area contributed by atoms with Crippen molar-refractivity contribution in [2.24, 2.45) is 0 Å². The summed E-state index contributed by atoms with van der Waals surface area (Å²) >= 11 is 0. The fourth-order valence-electron chi connectivity index (χ4n) is 8.03. The van der Waals surface area contributed by atoms with Crippen molar-refractivity contribution in [2.75, 3.05) is 0 Å². The summed E-state index contributed by atoms with van der Waals surface area (Å²) in [5.74, 6) is 0. The minimum atomic E-state index is -0.0195. The first-order valence-corrected chi connectivity index (χ1v) is 17.4. The van der Waals surface area contributed by atoms with Crippen molar-refractivity contribution in [3.63, 3.8) is 0 Å². The maximum absolute atomic E-state index is 15.1. The predicted octanol–water partition coefficient (Wildman–Crippen LogP) is 9.76. The van der Waals surface area contributed by atoms with Gasteiger partial charge in [0.1, 0.15) is 0 Å². The highest BCUT2D eigenvalue weighted by molar-refractivity contribution is 6.05. The van der Waals surface area contributed by atoms with Crippen molar-refractivity contribution in [1.82, 2.24) is 8.80 Å². The quantitative estimate of drug-likeness (QED) is 0.184. The van der Waals surface area contributed by atoms with E-state index in [1.165, 1.54) is 0 Å². The molecule has 10 rings (SSSR count). The van der Waals surface area contributed by atoms with Gasteiger partial charge in [-0.2, -0.15) is 0 Å². The Balaban J connectivity index is 1.38. The number of nitrogens with zero attached hydrogens (tertiary/aromatic N) is 2. The summed E-state index contributed by atoms with van der Waals surface area (Å²) in [4.78, 5) is 29.7. The molecule has 0 N–H and O–H groups in total. The van der Waals surface area contributed by atoms with Crippen LogP contribution in [0.4, 0.5) is 0 Å². The van der Waals surface area contributed by atoms with Gasteiger partial charge in [-0.05, 0) is 52.1 Å². The number of aromatic nitrogens is 2. The molecule has 0 aliphatic heterocycles. The van der Waals surface area contributed by atoms with Gasteiger partial charge < -0.3 is 8.80 Å². The summed E-state index contributed by atoms with van der Waals surface area (Å²) in [5, 5.41) is 2.53. The van der Waals surface area contributed by atoms with Gasteiger partial charge in [-0.15, -0.1) is 0 Å². The van der Waals surface area contributed by atoms with E-state index in [0.717, 1.165) is 66.5 Å². The topological polar surface area (TPSA) is 43.0 Å². The number of hydrogen-bond donors (Lipinski definition) is 0. The van der Waals surface area contributed by atoms with Gasteiger partial charge in [-0.1, -0.05) is 152 Å². The average Bonchev–Trinajstić information content (AvgIpc) is 3.71. The van der Waals surface area contributed by atoms with Crippen molar-refractivity contribution < 1.29 is 0 Å². The Kier molecular flexibility index (Phi) is 6.76. The molecule has 1 aliphatic carbocycles. The SMILES string of the molecule is O=c1c(-c2ccccc2)c(-c2ccccc2)n2/c(=C/c3ccc4ccn5c(-c6ccccc6)c(-c6ccccc6)c(=O)c3c45)cc3c2c1C=CC=C3. The van der Waals surface area contributed by atoms with Crippen LogP contribution in [-0.2, 0) is 0 Å². The highest BCUT2D eigenvalue weighted by Gasteiger charge is 2.25. The second-order valence-corrected chi connectivity index (χ2v) is 13.2. The number of benzene rings is 5. The maximum atomic E-state index is 15.1. The van der Waals surface area contributed by atoms with Crippen LogP contribution in [0.5, 0.6) is 0 Å². The highest BCUT2D eigenvalue weighted by atomic mass is 16.1. The second kappa shape index (κ2) is 11.8. The molecule has 0 fully saturated rings. The van der Waals surface area contributed by atoms with Gasteiger partial charge in [0, 0.05) is 28.1 Å². The van der Waals surface area contributed by atoms with Crippen molar-refractivity contribution in [2.45, 2.75) is 0 Å². The molecule has 4 heterocycles. The van der Waals surface area contributed by atoms with Crippen LogP contribution in [0.25, 0.3) is 84.8 Å². The third-order valence-corrected chi connectivity index (χ3v) is 10.2. The summed E-state index contributed by atoms with van der Waals surface area (Å²) in [6, 6.07) is 48.5. The molecule has 4 aromatic heterocycles. The molecule has 0 unspecified atom stereocenters.